The Hall–Kier alpha value is -2.56. The van der Waals surface area contributed by atoms with E-state index >= 15 is 0 Å². The summed E-state index contributed by atoms with van der Waals surface area (Å²) < 4.78 is 42.1. The summed E-state index contributed by atoms with van der Waals surface area (Å²) in [7, 11) is 0.831. The Bertz CT molecular complexity index is 1190. The number of aryl methyl sites for hydroxylation is 1. The number of carbonyl (C=O) groups is 1. The lowest BCUT2D eigenvalue weighted by atomic mass is 10.0. The summed E-state index contributed by atoms with van der Waals surface area (Å²) in [5, 5.41) is 2.83. The molecule has 0 saturated heterocycles. The fraction of sp³-hybridized carbons (Fsp3) is 0.200. The molecule has 158 valence electrons. The molecule has 1 unspecified atom stereocenters. The molecule has 0 aliphatic rings. The normalized spacial score (nSPS) is 12.7. The van der Waals surface area contributed by atoms with Crippen molar-refractivity contribution in [2.24, 2.45) is 7.05 Å². The fourth-order valence-electron chi connectivity index (χ4n) is 2.89. The summed E-state index contributed by atoms with van der Waals surface area (Å²) in [6, 6.07) is 9.46. The third kappa shape index (κ3) is 4.45. The monoisotopic (exact) mass is 494 g/mol. The maximum atomic E-state index is 13.8. The van der Waals surface area contributed by atoms with Gasteiger partial charge in [0, 0.05) is 43.6 Å². The van der Waals surface area contributed by atoms with Crippen LogP contribution in [0.1, 0.15) is 27.8 Å². The van der Waals surface area contributed by atoms with Crippen molar-refractivity contribution in [2.75, 3.05) is 14.1 Å². The van der Waals surface area contributed by atoms with Gasteiger partial charge in [0.05, 0.1) is 4.90 Å². The lowest BCUT2D eigenvalue weighted by molar-refractivity contribution is 0.0941. The molecule has 1 atom stereocenters. The zero-order valence-electron chi connectivity index (χ0n) is 16.5. The van der Waals surface area contributed by atoms with E-state index in [1.807, 2.05) is 0 Å². The Labute approximate surface area is 182 Å². The molecule has 1 amide bonds. The first kappa shape index (κ1) is 22.1. The van der Waals surface area contributed by atoms with E-state index in [1.165, 1.54) is 44.4 Å². The molecule has 2 aromatic carbocycles. The van der Waals surface area contributed by atoms with Crippen LogP contribution in [0, 0.1) is 5.82 Å². The number of carbonyl (C=O) groups excluding carboxylic acids is 1. The van der Waals surface area contributed by atoms with Crippen LogP contribution in [0.4, 0.5) is 4.39 Å². The van der Waals surface area contributed by atoms with Crippen molar-refractivity contribution in [2.45, 2.75) is 10.9 Å². The van der Waals surface area contributed by atoms with Crippen LogP contribution in [0.15, 0.2) is 64.2 Å². The summed E-state index contributed by atoms with van der Waals surface area (Å²) in [6.45, 7) is 0. The van der Waals surface area contributed by atoms with Gasteiger partial charge >= 0.3 is 0 Å². The molecule has 0 bridgehead atoms. The first-order valence-electron chi connectivity index (χ1n) is 8.87. The Morgan fingerprint density at radius 2 is 1.97 bits per heavy atom. The van der Waals surface area contributed by atoms with Gasteiger partial charge in [-0.2, -0.15) is 0 Å². The molecule has 1 N–H and O–H groups in total. The largest absolute Gasteiger partial charge is 0.338 e. The Balaban J connectivity index is 2.01. The number of rotatable bonds is 6. The molecule has 1 heterocycles. The summed E-state index contributed by atoms with van der Waals surface area (Å²) in [4.78, 5) is 17.3. The van der Waals surface area contributed by atoms with Crippen molar-refractivity contribution in [3.05, 3.63) is 82.1 Å². The number of sulfonamides is 1. The number of benzene rings is 2. The third-order valence-electron chi connectivity index (χ3n) is 4.53. The fourth-order valence-corrected chi connectivity index (χ4v) is 4.74. The van der Waals surface area contributed by atoms with Crippen molar-refractivity contribution in [3.8, 4) is 0 Å². The van der Waals surface area contributed by atoms with Crippen molar-refractivity contribution in [1.82, 2.24) is 19.2 Å². The van der Waals surface area contributed by atoms with Crippen molar-refractivity contribution in [1.29, 1.82) is 0 Å². The number of hydrogen-bond donors (Lipinski definition) is 1. The first-order chi connectivity index (χ1) is 14.1. The van der Waals surface area contributed by atoms with Crippen LogP contribution in [-0.4, -0.2) is 42.3 Å². The predicted molar refractivity (Wildman–Crippen MR) is 114 cm³/mol. The van der Waals surface area contributed by atoms with Crippen LogP contribution in [0.25, 0.3) is 0 Å². The van der Waals surface area contributed by atoms with E-state index in [4.69, 9.17) is 0 Å². The molecule has 0 spiro atoms. The van der Waals surface area contributed by atoms with Crippen LogP contribution in [0.3, 0.4) is 0 Å². The van der Waals surface area contributed by atoms with Gasteiger partial charge in [-0.1, -0.05) is 12.1 Å². The van der Waals surface area contributed by atoms with Crippen molar-refractivity contribution in [3.63, 3.8) is 0 Å². The van der Waals surface area contributed by atoms with E-state index < -0.39 is 27.8 Å². The highest BCUT2D eigenvalue weighted by Gasteiger charge is 2.25. The molecule has 0 aliphatic carbocycles. The van der Waals surface area contributed by atoms with Gasteiger partial charge in [-0.05, 0) is 51.8 Å². The number of nitrogens with one attached hydrogen (secondary N) is 1. The van der Waals surface area contributed by atoms with E-state index in [1.54, 1.807) is 36.1 Å². The standard InChI is InChI=1S/C20H20BrFN4O3S/c1-25(2)30(28,29)17-12-14(7-8-16(17)21)20(27)24-18(19-23-9-10-26(19)3)13-5-4-6-15(22)11-13/h4-12,18H,1-3H3,(H,24,27). The molecule has 1 aromatic heterocycles. The highest BCUT2D eigenvalue weighted by Crippen LogP contribution is 2.26. The molecule has 0 saturated carbocycles. The topological polar surface area (TPSA) is 84.3 Å². The first-order valence-corrected chi connectivity index (χ1v) is 11.1. The summed E-state index contributed by atoms with van der Waals surface area (Å²) in [5.74, 6) is -0.453. The second-order valence-corrected chi connectivity index (χ2v) is 9.77. The summed E-state index contributed by atoms with van der Waals surface area (Å²) >= 11 is 3.23. The van der Waals surface area contributed by atoms with E-state index in [9.17, 15) is 17.6 Å². The molecular weight excluding hydrogens is 475 g/mol. The maximum Gasteiger partial charge on any atom is 0.252 e. The molecule has 0 fully saturated rings. The lowest BCUT2D eigenvalue weighted by Gasteiger charge is -2.20. The number of amides is 1. The van der Waals surface area contributed by atoms with E-state index in [2.05, 4.69) is 26.2 Å². The molecular formula is C20H20BrFN4O3S. The molecule has 0 aliphatic heterocycles. The number of hydrogen-bond acceptors (Lipinski definition) is 4. The minimum absolute atomic E-state index is 0.0283. The predicted octanol–water partition coefficient (Wildman–Crippen LogP) is 3.09. The van der Waals surface area contributed by atoms with Crippen LogP contribution in [0.5, 0.6) is 0 Å². The average molecular weight is 495 g/mol. The van der Waals surface area contributed by atoms with Crippen molar-refractivity contribution >= 4 is 31.9 Å². The van der Waals surface area contributed by atoms with E-state index in [0.717, 1.165) is 4.31 Å². The number of aromatic nitrogens is 2. The van der Waals surface area contributed by atoms with Crippen LogP contribution >= 0.6 is 15.9 Å². The SMILES string of the molecule is CN(C)S(=O)(=O)c1cc(C(=O)NC(c2cccc(F)c2)c2nccn2C)ccc1Br. The van der Waals surface area contributed by atoms with E-state index in [-0.39, 0.29) is 10.5 Å². The Morgan fingerprint density at radius 1 is 1.23 bits per heavy atom. The van der Waals surface area contributed by atoms with Gasteiger partial charge in [0.1, 0.15) is 17.7 Å². The van der Waals surface area contributed by atoms with Gasteiger partial charge in [-0.15, -0.1) is 0 Å². The quantitative estimate of drug-likeness (QED) is 0.570. The molecule has 0 radical (unpaired) electrons. The lowest BCUT2D eigenvalue weighted by Crippen LogP contribution is -2.31. The molecule has 30 heavy (non-hydrogen) atoms. The molecule has 3 aromatic rings. The minimum atomic E-state index is -3.76. The summed E-state index contributed by atoms with van der Waals surface area (Å²) in [5.41, 5.74) is 0.658. The number of nitrogens with zero attached hydrogens (tertiary/aromatic N) is 3. The third-order valence-corrected chi connectivity index (χ3v) is 7.34. The average Bonchev–Trinajstić information content (AvgIpc) is 3.11. The van der Waals surface area contributed by atoms with Gasteiger partial charge in [-0.25, -0.2) is 22.1 Å². The maximum absolute atomic E-state index is 13.8. The number of imidazole rings is 1. The molecule has 3 rings (SSSR count). The van der Waals surface area contributed by atoms with Gasteiger partial charge in [0.25, 0.3) is 5.91 Å². The highest BCUT2D eigenvalue weighted by atomic mass is 79.9. The van der Waals surface area contributed by atoms with Crippen LogP contribution in [-0.2, 0) is 17.1 Å². The van der Waals surface area contributed by atoms with Crippen LogP contribution in [0.2, 0.25) is 0 Å². The van der Waals surface area contributed by atoms with E-state index in [0.29, 0.717) is 15.9 Å². The second-order valence-electron chi connectivity index (χ2n) is 6.79. The zero-order chi connectivity index (χ0) is 22.1. The van der Waals surface area contributed by atoms with Gasteiger partial charge in [0.2, 0.25) is 10.0 Å². The van der Waals surface area contributed by atoms with Gasteiger partial charge in [0.15, 0.2) is 0 Å². The van der Waals surface area contributed by atoms with Crippen molar-refractivity contribution < 1.29 is 17.6 Å². The smallest absolute Gasteiger partial charge is 0.252 e. The van der Waals surface area contributed by atoms with Gasteiger partial charge in [-0.3, -0.25) is 4.79 Å². The number of halogens is 2. The Kier molecular flexibility index (Phi) is 6.39. The molecule has 10 heteroatoms. The van der Waals surface area contributed by atoms with Crippen LogP contribution < -0.4 is 5.32 Å². The summed E-state index contributed by atoms with van der Waals surface area (Å²) in [6.07, 6.45) is 3.30. The zero-order valence-corrected chi connectivity index (χ0v) is 18.9. The molecule has 7 nitrogen and oxygen atoms in total. The van der Waals surface area contributed by atoms with Gasteiger partial charge < -0.3 is 9.88 Å². The minimum Gasteiger partial charge on any atom is -0.338 e. The second kappa shape index (κ2) is 8.66. The Morgan fingerprint density at radius 3 is 2.57 bits per heavy atom. The highest BCUT2D eigenvalue weighted by molar-refractivity contribution is 9.10.